The van der Waals surface area contributed by atoms with Gasteiger partial charge in [-0.3, -0.25) is 10.1 Å². The van der Waals surface area contributed by atoms with Crippen LogP contribution in [0.3, 0.4) is 0 Å². The zero-order valence-corrected chi connectivity index (χ0v) is 17.9. The molecule has 2 N–H and O–H groups in total. The number of fused-ring (bicyclic) bond motifs is 1. The van der Waals surface area contributed by atoms with Crippen LogP contribution in [0.25, 0.3) is 16.8 Å². The molecule has 0 radical (unpaired) electrons. The van der Waals surface area contributed by atoms with Crippen molar-refractivity contribution in [3.05, 3.63) is 75.9 Å². The second-order valence-corrected chi connectivity index (χ2v) is 7.69. The Balaban J connectivity index is 1.62. The molecule has 4 rings (SSSR count). The lowest BCUT2D eigenvalue weighted by Gasteiger charge is -2.15. The summed E-state index contributed by atoms with van der Waals surface area (Å²) in [6, 6.07) is 18.0. The van der Waals surface area contributed by atoms with Gasteiger partial charge in [0.2, 0.25) is 0 Å². The average molecular weight is 469 g/mol. The second-order valence-electron chi connectivity index (χ2n) is 6.43. The van der Waals surface area contributed by atoms with E-state index in [0.717, 1.165) is 21.0 Å². The second kappa shape index (κ2) is 8.23. The van der Waals surface area contributed by atoms with Gasteiger partial charge in [-0.25, -0.2) is 0 Å². The van der Waals surface area contributed by atoms with Gasteiger partial charge in [0.1, 0.15) is 12.3 Å². The number of hydrogen-bond acceptors (Lipinski definition) is 4. The van der Waals surface area contributed by atoms with Crippen molar-refractivity contribution in [1.82, 2.24) is 10.6 Å². The number of benzene rings is 3. The van der Waals surface area contributed by atoms with E-state index in [9.17, 15) is 4.79 Å². The lowest BCUT2D eigenvalue weighted by molar-refractivity contribution is -0.115. The Hall–Kier alpha value is -2.90. The van der Waals surface area contributed by atoms with Gasteiger partial charge in [0.15, 0.2) is 16.6 Å². The molecule has 1 aliphatic rings. The summed E-state index contributed by atoms with van der Waals surface area (Å²) in [7, 11) is 1.58. The van der Waals surface area contributed by atoms with E-state index in [1.807, 2.05) is 30.3 Å². The maximum atomic E-state index is 11.9. The maximum Gasteiger partial charge on any atom is 0.273 e. The highest BCUT2D eigenvalue weighted by molar-refractivity contribution is 9.10. The molecule has 0 saturated carbocycles. The first-order valence-electron chi connectivity index (χ1n) is 8.86. The quantitative estimate of drug-likeness (QED) is 0.425. The number of hydrogen-bond donors (Lipinski definition) is 2. The molecule has 1 aliphatic heterocycles. The van der Waals surface area contributed by atoms with Gasteiger partial charge >= 0.3 is 0 Å². The summed E-state index contributed by atoms with van der Waals surface area (Å²) in [5.74, 6) is 0.899. The van der Waals surface area contributed by atoms with E-state index in [2.05, 4.69) is 50.8 Å². The van der Waals surface area contributed by atoms with Crippen LogP contribution in [0.4, 0.5) is 0 Å². The van der Waals surface area contributed by atoms with Crippen LogP contribution in [-0.2, 0) is 11.4 Å². The Morgan fingerprint density at radius 2 is 1.90 bits per heavy atom. The van der Waals surface area contributed by atoms with Crippen molar-refractivity contribution in [3.8, 4) is 11.5 Å². The first-order valence-corrected chi connectivity index (χ1v) is 10.1. The van der Waals surface area contributed by atoms with Crippen molar-refractivity contribution >= 4 is 56.0 Å². The minimum atomic E-state index is -0.263. The van der Waals surface area contributed by atoms with Crippen molar-refractivity contribution in [2.45, 2.75) is 6.61 Å². The van der Waals surface area contributed by atoms with E-state index >= 15 is 0 Å². The molecule has 0 aromatic heterocycles. The largest absolute Gasteiger partial charge is 0.493 e. The summed E-state index contributed by atoms with van der Waals surface area (Å²) in [5, 5.41) is 7.99. The van der Waals surface area contributed by atoms with Gasteiger partial charge in [-0.1, -0.05) is 42.5 Å². The fourth-order valence-electron chi connectivity index (χ4n) is 3.18. The molecule has 0 atom stereocenters. The highest BCUT2D eigenvalue weighted by Gasteiger charge is 2.20. The van der Waals surface area contributed by atoms with Crippen LogP contribution in [-0.4, -0.2) is 18.1 Å². The number of methoxy groups -OCH3 is 1. The third-order valence-corrected chi connectivity index (χ3v) is 5.33. The van der Waals surface area contributed by atoms with Crippen molar-refractivity contribution in [1.29, 1.82) is 0 Å². The van der Waals surface area contributed by atoms with Crippen molar-refractivity contribution in [3.63, 3.8) is 0 Å². The molecule has 0 unspecified atom stereocenters. The normalized spacial score (nSPS) is 14.8. The average Bonchev–Trinajstić information content (AvgIpc) is 3.03. The molecule has 3 aromatic rings. The first-order chi connectivity index (χ1) is 14.0. The zero-order chi connectivity index (χ0) is 20.4. The van der Waals surface area contributed by atoms with Gasteiger partial charge in [0, 0.05) is 0 Å². The number of rotatable bonds is 5. The Morgan fingerprint density at radius 3 is 2.66 bits per heavy atom. The molecule has 29 heavy (non-hydrogen) atoms. The monoisotopic (exact) mass is 468 g/mol. The summed E-state index contributed by atoms with van der Waals surface area (Å²) >= 11 is 8.52. The topological polar surface area (TPSA) is 59.6 Å². The first kappa shape index (κ1) is 19.4. The molecule has 5 nitrogen and oxygen atoms in total. The molecule has 0 aliphatic carbocycles. The number of nitrogens with one attached hydrogen (secondary N) is 2. The van der Waals surface area contributed by atoms with Crippen LogP contribution in [0.2, 0.25) is 0 Å². The molecule has 146 valence electrons. The van der Waals surface area contributed by atoms with Gasteiger partial charge in [0.25, 0.3) is 5.91 Å². The smallest absolute Gasteiger partial charge is 0.273 e. The fraction of sp³-hybridized carbons (Fsp3) is 0.0909. The third-order valence-electron chi connectivity index (χ3n) is 4.53. The van der Waals surface area contributed by atoms with Gasteiger partial charge in [-0.05, 0) is 68.3 Å². The molecular weight excluding hydrogens is 452 g/mol. The van der Waals surface area contributed by atoms with E-state index in [-0.39, 0.29) is 5.91 Å². The Morgan fingerprint density at radius 1 is 1.10 bits per heavy atom. The minimum absolute atomic E-state index is 0.263. The number of carbonyl (C=O) groups excluding carboxylic acids is 1. The fourth-order valence-corrected chi connectivity index (χ4v) is 3.96. The Bertz CT molecular complexity index is 1150. The summed E-state index contributed by atoms with van der Waals surface area (Å²) in [6.07, 6.45) is 1.70. The molecule has 1 fully saturated rings. The van der Waals surface area contributed by atoms with E-state index < -0.39 is 0 Å². The number of carbonyl (C=O) groups is 1. The molecule has 1 heterocycles. The third kappa shape index (κ3) is 4.11. The predicted molar refractivity (Wildman–Crippen MR) is 121 cm³/mol. The van der Waals surface area contributed by atoms with E-state index in [4.69, 9.17) is 21.7 Å². The predicted octanol–water partition coefficient (Wildman–Crippen LogP) is 4.54. The summed E-state index contributed by atoms with van der Waals surface area (Å²) in [6.45, 7) is 0.398. The standard InChI is InChI=1S/C22H17BrN2O3S/c1-27-19-11-13(10-18-21(26)25-22(29)24-18)9-17(23)20(19)28-12-15-7-4-6-14-5-2-3-8-16(14)15/h2-11H,12H2,1H3,(H2,24,25,26,29)/b18-10+. The van der Waals surface area contributed by atoms with Crippen LogP contribution in [0.1, 0.15) is 11.1 Å². The van der Waals surface area contributed by atoms with Crippen LogP contribution in [0.15, 0.2) is 64.8 Å². The lowest BCUT2D eigenvalue weighted by Crippen LogP contribution is -2.21. The highest BCUT2D eigenvalue weighted by Crippen LogP contribution is 2.38. The molecule has 1 saturated heterocycles. The van der Waals surface area contributed by atoms with Crippen molar-refractivity contribution < 1.29 is 14.3 Å². The summed E-state index contributed by atoms with van der Waals surface area (Å²) in [5.41, 5.74) is 2.24. The molecule has 3 aromatic carbocycles. The zero-order valence-electron chi connectivity index (χ0n) is 15.5. The Kier molecular flexibility index (Phi) is 5.51. The molecule has 0 spiro atoms. The van der Waals surface area contributed by atoms with E-state index in [0.29, 0.717) is 28.9 Å². The van der Waals surface area contributed by atoms with Crippen molar-refractivity contribution in [2.75, 3.05) is 7.11 Å². The van der Waals surface area contributed by atoms with Gasteiger partial charge in [0.05, 0.1) is 11.6 Å². The maximum absolute atomic E-state index is 11.9. The molecular formula is C22H17BrN2O3S. The lowest BCUT2D eigenvalue weighted by atomic mass is 10.1. The summed E-state index contributed by atoms with van der Waals surface area (Å²) < 4.78 is 12.4. The number of halogens is 1. The SMILES string of the molecule is COc1cc(/C=C2/NC(=S)NC2=O)cc(Br)c1OCc1cccc2ccccc12. The van der Waals surface area contributed by atoms with Crippen molar-refractivity contribution in [2.24, 2.45) is 0 Å². The van der Waals surface area contributed by atoms with Crippen LogP contribution in [0, 0.1) is 0 Å². The van der Waals surface area contributed by atoms with Gasteiger partial charge in [-0.2, -0.15) is 0 Å². The number of thiocarbonyl (C=S) groups is 1. The van der Waals surface area contributed by atoms with Gasteiger partial charge < -0.3 is 14.8 Å². The van der Waals surface area contributed by atoms with Gasteiger partial charge in [-0.15, -0.1) is 0 Å². The van der Waals surface area contributed by atoms with Crippen LogP contribution in [0.5, 0.6) is 11.5 Å². The molecule has 1 amide bonds. The molecule has 0 bridgehead atoms. The number of ether oxygens (including phenoxy) is 2. The van der Waals surface area contributed by atoms with E-state index in [1.165, 1.54) is 5.39 Å². The Labute approximate surface area is 181 Å². The van der Waals surface area contributed by atoms with Crippen LogP contribution >= 0.6 is 28.1 Å². The van der Waals surface area contributed by atoms with Crippen LogP contribution < -0.4 is 20.1 Å². The highest BCUT2D eigenvalue weighted by atomic mass is 79.9. The molecule has 7 heteroatoms. The van der Waals surface area contributed by atoms with E-state index in [1.54, 1.807) is 13.2 Å². The minimum Gasteiger partial charge on any atom is -0.493 e. The number of amides is 1. The summed E-state index contributed by atoms with van der Waals surface area (Å²) in [4.78, 5) is 11.9.